The Bertz CT molecular complexity index is 1310. The molecule has 9 nitrogen and oxygen atoms in total. The van der Waals surface area contributed by atoms with Gasteiger partial charge in [0.15, 0.2) is 6.29 Å². The summed E-state index contributed by atoms with van der Waals surface area (Å²) >= 11 is 0. The van der Waals surface area contributed by atoms with Gasteiger partial charge in [-0.2, -0.15) is 0 Å². The molecule has 0 N–H and O–H groups in total. The number of alkyl halides is 1. The van der Waals surface area contributed by atoms with Gasteiger partial charge in [0.1, 0.15) is 31.7 Å². The number of ether oxygens (including phenoxy) is 5. The molecule has 0 unspecified atom stereocenters. The van der Waals surface area contributed by atoms with E-state index in [2.05, 4.69) is 0 Å². The molecule has 38 heavy (non-hydrogen) atoms. The highest BCUT2D eigenvalue weighted by Gasteiger charge is 2.47. The lowest BCUT2D eigenvalue weighted by molar-refractivity contribution is -0.312. The van der Waals surface area contributed by atoms with Gasteiger partial charge in [0.25, 0.3) is 5.56 Å². The largest absolute Gasteiger partial charge is 0.371 e. The van der Waals surface area contributed by atoms with Crippen LogP contribution >= 0.6 is 0 Å². The second-order valence-corrected chi connectivity index (χ2v) is 9.34. The molecule has 1 aromatic heterocycles. The first kappa shape index (κ1) is 26.5. The van der Waals surface area contributed by atoms with E-state index in [1.807, 2.05) is 60.7 Å². The van der Waals surface area contributed by atoms with Crippen molar-refractivity contribution in [3.8, 4) is 0 Å². The Morgan fingerprint density at radius 1 is 1.00 bits per heavy atom. The van der Waals surface area contributed by atoms with Crippen molar-refractivity contribution in [1.82, 2.24) is 9.13 Å². The lowest BCUT2D eigenvalue weighted by Gasteiger charge is -2.46. The second kappa shape index (κ2) is 12.1. The molecule has 2 fully saturated rings. The molecular formula is C28H31FN2O7. The van der Waals surface area contributed by atoms with Gasteiger partial charge in [-0.15, -0.1) is 0 Å². The molecule has 2 aliphatic heterocycles. The standard InChI is InChI=1S/C28H31FN2O7/c1-19-14-30(28(33)31(26(19)32)18-34-15-20-8-4-2-5-9-20)22-16-36-23-17-37-27(21-10-6-3-7-11-21)38-25(23)24(22)35-13-12-29/h2-11,14,22-25,27H,12-13,15-18H2,1H3/t22-,23-,24+,25-,27+/m1/s1. The van der Waals surface area contributed by atoms with Crippen molar-refractivity contribution in [3.63, 3.8) is 0 Å². The molecule has 2 aromatic carbocycles. The normalized spacial score (nSPS) is 25.2. The Balaban J connectivity index is 1.42. The topological polar surface area (TPSA) is 90.2 Å². The van der Waals surface area contributed by atoms with Gasteiger partial charge in [-0.05, 0) is 12.5 Å². The van der Waals surface area contributed by atoms with Gasteiger partial charge in [-0.3, -0.25) is 9.36 Å². The Morgan fingerprint density at radius 3 is 2.47 bits per heavy atom. The highest BCUT2D eigenvalue weighted by atomic mass is 19.1. The molecular weight excluding hydrogens is 495 g/mol. The van der Waals surface area contributed by atoms with Gasteiger partial charge in [0, 0.05) is 17.3 Å². The van der Waals surface area contributed by atoms with Crippen LogP contribution in [0.3, 0.4) is 0 Å². The maximum absolute atomic E-state index is 13.5. The molecule has 0 amide bonds. The first-order valence-electron chi connectivity index (χ1n) is 12.6. The number of nitrogens with zero attached hydrogens (tertiary/aromatic N) is 2. The fourth-order valence-corrected chi connectivity index (χ4v) is 4.86. The van der Waals surface area contributed by atoms with Crippen LogP contribution in [0.15, 0.2) is 76.4 Å². The predicted molar refractivity (Wildman–Crippen MR) is 135 cm³/mol. The number of halogens is 1. The molecule has 10 heteroatoms. The van der Waals surface area contributed by atoms with E-state index in [-0.39, 0.29) is 33.2 Å². The van der Waals surface area contributed by atoms with Gasteiger partial charge < -0.3 is 23.7 Å². The fraction of sp³-hybridized carbons (Fsp3) is 0.429. The van der Waals surface area contributed by atoms with Gasteiger partial charge in [0.05, 0.1) is 32.5 Å². The molecule has 2 aliphatic rings. The molecule has 0 radical (unpaired) electrons. The van der Waals surface area contributed by atoms with Crippen LogP contribution in [0.4, 0.5) is 4.39 Å². The van der Waals surface area contributed by atoms with Gasteiger partial charge in [-0.1, -0.05) is 60.7 Å². The van der Waals surface area contributed by atoms with Crippen LogP contribution < -0.4 is 11.2 Å². The van der Waals surface area contributed by atoms with E-state index in [1.165, 1.54) is 10.8 Å². The third-order valence-electron chi connectivity index (χ3n) is 6.76. The van der Waals surface area contributed by atoms with Crippen molar-refractivity contribution in [1.29, 1.82) is 0 Å². The van der Waals surface area contributed by atoms with E-state index in [0.717, 1.165) is 15.7 Å². The Kier molecular flexibility index (Phi) is 8.45. The number of rotatable bonds is 9. The van der Waals surface area contributed by atoms with Crippen LogP contribution in [0.25, 0.3) is 0 Å². The van der Waals surface area contributed by atoms with Crippen LogP contribution in [0.2, 0.25) is 0 Å². The van der Waals surface area contributed by atoms with Crippen LogP contribution in [0.1, 0.15) is 29.0 Å². The zero-order valence-corrected chi connectivity index (χ0v) is 21.1. The molecule has 2 saturated heterocycles. The number of aryl methyl sites for hydroxylation is 1. The van der Waals surface area contributed by atoms with E-state index >= 15 is 0 Å². The second-order valence-electron chi connectivity index (χ2n) is 9.34. The number of fused-ring (bicyclic) bond motifs is 1. The number of hydrogen-bond acceptors (Lipinski definition) is 7. The fourth-order valence-electron chi connectivity index (χ4n) is 4.86. The summed E-state index contributed by atoms with van der Waals surface area (Å²) in [7, 11) is 0. The Morgan fingerprint density at radius 2 is 1.74 bits per heavy atom. The smallest absolute Gasteiger partial charge is 0.333 e. The first-order chi connectivity index (χ1) is 18.6. The maximum Gasteiger partial charge on any atom is 0.333 e. The molecule has 0 saturated carbocycles. The third kappa shape index (κ3) is 5.64. The Labute approximate surface area is 219 Å². The molecule has 3 heterocycles. The number of aromatic nitrogens is 2. The zero-order chi connectivity index (χ0) is 26.5. The summed E-state index contributed by atoms with van der Waals surface area (Å²) in [6, 6.07) is 18.3. The minimum absolute atomic E-state index is 0.100. The predicted octanol–water partition coefficient (Wildman–Crippen LogP) is 2.90. The lowest BCUT2D eigenvalue weighted by atomic mass is 9.96. The van der Waals surface area contributed by atoms with Crippen LogP contribution in [-0.4, -0.2) is 53.9 Å². The quantitative estimate of drug-likeness (QED) is 0.424. The molecule has 5 rings (SSSR count). The van der Waals surface area contributed by atoms with E-state index in [0.29, 0.717) is 5.56 Å². The molecule has 0 aliphatic carbocycles. The number of hydrogen-bond donors (Lipinski definition) is 0. The summed E-state index contributed by atoms with van der Waals surface area (Å²) in [5, 5.41) is 0. The summed E-state index contributed by atoms with van der Waals surface area (Å²) in [4.78, 5) is 26.4. The van der Waals surface area contributed by atoms with E-state index in [4.69, 9.17) is 23.7 Å². The summed E-state index contributed by atoms with van der Waals surface area (Å²) in [5.41, 5.74) is 1.09. The minimum Gasteiger partial charge on any atom is -0.371 e. The van der Waals surface area contributed by atoms with E-state index in [9.17, 15) is 14.0 Å². The van der Waals surface area contributed by atoms with Gasteiger partial charge >= 0.3 is 5.69 Å². The zero-order valence-electron chi connectivity index (χ0n) is 21.1. The monoisotopic (exact) mass is 526 g/mol. The summed E-state index contributed by atoms with van der Waals surface area (Å²) in [6.07, 6.45) is -0.955. The van der Waals surface area contributed by atoms with E-state index < -0.39 is 48.6 Å². The summed E-state index contributed by atoms with van der Waals surface area (Å²) < 4.78 is 45.5. The maximum atomic E-state index is 13.5. The van der Waals surface area contributed by atoms with Gasteiger partial charge in [0.2, 0.25) is 0 Å². The first-order valence-corrected chi connectivity index (χ1v) is 12.6. The van der Waals surface area contributed by atoms with Gasteiger partial charge in [-0.25, -0.2) is 13.8 Å². The average Bonchev–Trinajstić information content (AvgIpc) is 2.96. The van der Waals surface area contributed by atoms with Crippen molar-refractivity contribution >= 4 is 0 Å². The summed E-state index contributed by atoms with van der Waals surface area (Å²) in [6.45, 7) is 1.15. The van der Waals surface area contributed by atoms with Crippen molar-refractivity contribution in [3.05, 3.63) is 104 Å². The summed E-state index contributed by atoms with van der Waals surface area (Å²) in [5.74, 6) is 0. The van der Waals surface area contributed by atoms with Crippen molar-refractivity contribution in [2.45, 2.75) is 50.9 Å². The molecule has 5 atom stereocenters. The third-order valence-corrected chi connectivity index (χ3v) is 6.76. The SMILES string of the molecule is Cc1cn([C@@H]2CO[C@@H]3CO[C@H](c4ccccc4)O[C@H]3[C@H]2OCCF)c(=O)n(COCc2ccccc2)c1=O. The number of benzene rings is 2. The van der Waals surface area contributed by atoms with Crippen molar-refractivity contribution in [2.75, 3.05) is 26.5 Å². The highest BCUT2D eigenvalue weighted by Crippen LogP contribution is 2.36. The highest BCUT2D eigenvalue weighted by molar-refractivity contribution is 5.17. The molecule has 0 spiro atoms. The lowest BCUT2D eigenvalue weighted by Crippen LogP contribution is -2.59. The molecule has 3 aromatic rings. The van der Waals surface area contributed by atoms with Crippen LogP contribution in [-0.2, 0) is 37.0 Å². The Hall–Kier alpha value is -3.15. The molecule has 202 valence electrons. The minimum atomic E-state index is -0.715. The van der Waals surface area contributed by atoms with Crippen molar-refractivity contribution in [2.24, 2.45) is 0 Å². The van der Waals surface area contributed by atoms with Crippen LogP contribution in [0, 0.1) is 6.92 Å². The van der Waals surface area contributed by atoms with Crippen molar-refractivity contribution < 1.29 is 28.1 Å². The average molecular weight is 527 g/mol. The molecule has 0 bridgehead atoms. The van der Waals surface area contributed by atoms with Crippen LogP contribution in [0.5, 0.6) is 0 Å². The van der Waals surface area contributed by atoms with E-state index in [1.54, 1.807) is 6.92 Å².